The van der Waals surface area contributed by atoms with Crippen LogP contribution in [0.2, 0.25) is 0 Å². The third-order valence-corrected chi connectivity index (χ3v) is 6.73. The SMILES string of the molecule is Cc1cc(C=O)nn1-c1ccc(N(C(=O)n2nnn(-c3c(F)cccc3F)c2=O)C2CCCCC2)cc1C=O. The van der Waals surface area contributed by atoms with Gasteiger partial charge in [-0.2, -0.15) is 9.78 Å². The molecule has 4 aromatic rings. The molecule has 0 aliphatic heterocycles. The van der Waals surface area contributed by atoms with Crippen LogP contribution >= 0.6 is 0 Å². The molecule has 11 nitrogen and oxygen atoms in total. The maximum absolute atomic E-state index is 14.3. The number of hydrogen-bond donors (Lipinski definition) is 0. The molecule has 39 heavy (non-hydrogen) atoms. The van der Waals surface area contributed by atoms with Crippen LogP contribution in [0.5, 0.6) is 0 Å². The highest BCUT2D eigenvalue weighted by molar-refractivity contribution is 5.95. The molecule has 13 heteroatoms. The second kappa shape index (κ2) is 10.5. The topological polar surface area (TPSA) is 125 Å². The summed E-state index contributed by atoms with van der Waals surface area (Å²) in [6.07, 6.45) is 5.14. The fourth-order valence-electron chi connectivity index (χ4n) is 4.90. The predicted octanol–water partition coefficient (Wildman–Crippen LogP) is 3.63. The van der Waals surface area contributed by atoms with E-state index < -0.39 is 29.0 Å². The van der Waals surface area contributed by atoms with Gasteiger partial charge in [-0.25, -0.2) is 23.1 Å². The molecule has 0 radical (unpaired) electrons. The Morgan fingerprint density at radius 2 is 1.69 bits per heavy atom. The van der Waals surface area contributed by atoms with E-state index in [4.69, 9.17) is 0 Å². The number of anilines is 1. The molecule has 0 saturated heterocycles. The zero-order chi connectivity index (χ0) is 27.7. The summed E-state index contributed by atoms with van der Waals surface area (Å²) in [6.45, 7) is 1.73. The number of aromatic nitrogens is 6. The van der Waals surface area contributed by atoms with E-state index in [9.17, 15) is 28.0 Å². The quantitative estimate of drug-likeness (QED) is 0.273. The molecule has 1 aliphatic rings. The van der Waals surface area contributed by atoms with Gasteiger partial charge in [0.15, 0.2) is 24.2 Å². The minimum Gasteiger partial charge on any atom is -0.298 e. The molecule has 0 unspecified atom stereocenters. The standard InChI is InChI=1S/C26H23F2N7O4/c1-16-12-18(15-37)29-33(16)23-11-10-20(13-17(23)14-36)32(19-6-3-2-4-7-19)25(38)35-26(39)34(30-31-35)24-21(27)8-5-9-22(24)28/h5,8-15,19H,2-4,6-7H2,1H3. The van der Waals surface area contributed by atoms with Crippen molar-refractivity contribution < 1.29 is 23.2 Å². The summed E-state index contributed by atoms with van der Waals surface area (Å²) in [4.78, 5) is 51.5. The van der Waals surface area contributed by atoms with Crippen LogP contribution in [0.3, 0.4) is 0 Å². The summed E-state index contributed by atoms with van der Waals surface area (Å²) in [5.41, 5.74) is -0.175. The lowest BCUT2D eigenvalue weighted by Gasteiger charge is -2.34. The molecule has 1 aliphatic carbocycles. The van der Waals surface area contributed by atoms with Crippen molar-refractivity contribution in [2.45, 2.75) is 45.1 Å². The summed E-state index contributed by atoms with van der Waals surface area (Å²) in [6, 6.07) is 8.10. The lowest BCUT2D eigenvalue weighted by Crippen LogP contribution is -2.47. The van der Waals surface area contributed by atoms with Gasteiger partial charge in [-0.3, -0.25) is 14.5 Å². The van der Waals surface area contributed by atoms with Crippen molar-refractivity contribution in [3.8, 4) is 11.4 Å². The predicted molar refractivity (Wildman–Crippen MR) is 135 cm³/mol. The average molecular weight is 536 g/mol. The van der Waals surface area contributed by atoms with Gasteiger partial charge in [0, 0.05) is 23.0 Å². The van der Waals surface area contributed by atoms with Gasteiger partial charge in [0.2, 0.25) is 0 Å². The van der Waals surface area contributed by atoms with E-state index >= 15 is 0 Å². The Labute approximate surface area is 220 Å². The van der Waals surface area contributed by atoms with Crippen LogP contribution in [-0.2, 0) is 0 Å². The molecule has 1 amide bonds. The number of benzene rings is 2. The van der Waals surface area contributed by atoms with Gasteiger partial charge in [-0.05, 0) is 66.6 Å². The van der Waals surface area contributed by atoms with Crippen LogP contribution < -0.4 is 10.6 Å². The number of carbonyl (C=O) groups is 3. The summed E-state index contributed by atoms with van der Waals surface area (Å²) < 4.78 is 30.9. The van der Waals surface area contributed by atoms with Crippen LogP contribution in [0.15, 0.2) is 47.3 Å². The second-order valence-electron chi connectivity index (χ2n) is 9.20. The van der Waals surface area contributed by atoms with Crippen LogP contribution in [0.4, 0.5) is 19.3 Å². The molecule has 200 valence electrons. The van der Waals surface area contributed by atoms with Crippen LogP contribution in [-0.4, -0.2) is 54.2 Å². The summed E-state index contributed by atoms with van der Waals surface area (Å²) in [5, 5.41) is 11.4. The van der Waals surface area contributed by atoms with E-state index in [-0.39, 0.29) is 17.3 Å². The smallest absolute Gasteiger partial charge is 0.298 e. The van der Waals surface area contributed by atoms with Crippen molar-refractivity contribution in [1.82, 2.24) is 29.6 Å². The third kappa shape index (κ3) is 4.67. The maximum Gasteiger partial charge on any atom is 0.377 e. The molecule has 0 bridgehead atoms. The van der Waals surface area contributed by atoms with Gasteiger partial charge in [0.1, 0.15) is 11.4 Å². The van der Waals surface area contributed by atoms with E-state index in [0.717, 1.165) is 37.5 Å². The molecule has 0 atom stereocenters. The van der Waals surface area contributed by atoms with Gasteiger partial charge < -0.3 is 0 Å². The minimum atomic E-state index is -1.15. The third-order valence-electron chi connectivity index (χ3n) is 6.73. The van der Waals surface area contributed by atoms with E-state index in [2.05, 4.69) is 15.5 Å². The summed E-state index contributed by atoms with van der Waals surface area (Å²) in [5.74, 6) is -2.09. The highest BCUT2D eigenvalue weighted by Crippen LogP contribution is 2.30. The fourth-order valence-corrected chi connectivity index (χ4v) is 4.90. The maximum atomic E-state index is 14.3. The Morgan fingerprint density at radius 3 is 2.33 bits per heavy atom. The Morgan fingerprint density at radius 1 is 0.974 bits per heavy atom. The number of rotatable bonds is 6. The molecule has 2 aromatic carbocycles. The van der Waals surface area contributed by atoms with Crippen molar-refractivity contribution in [2.75, 3.05) is 4.90 Å². The van der Waals surface area contributed by atoms with Gasteiger partial charge in [0.25, 0.3) is 0 Å². The number of nitrogens with zero attached hydrogens (tertiary/aromatic N) is 7. The number of aldehydes is 2. The highest BCUT2D eigenvalue weighted by atomic mass is 19.1. The average Bonchev–Trinajstić information content (AvgIpc) is 3.51. The zero-order valence-corrected chi connectivity index (χ0v) is 20.8. The molecule has 2 heterocycles. The van der Waals surface area contributed by atoms with E-state index in [1.807, 2.05) is 0 Å². The fraction of sp³-hybridized carbons (Fsp3) is 0.269. The number of carbonyl (C=O) groups excluding carboxylic acids is 3. The molecular formula is C26H23F2N7O4. The van der Waals surface area contributed by atoms with Crippen molar-refractivity contribution in [1.29, 1.82) is 0 Å². The first kappa shape index (κ1) is 25.8. The van der Waals surface area contributed by atoms with Crippen LogP contribution in [0.25, 0.3) is 11.4 Å². The first-order valence-electron chi connectivity index (χ1n) is 12.3. The molecule has 0 spiro atoms. The van der Waals surface area contributed by atoms with Gasteiger partial charge in [-0.15, -0.1) is 4.68 Å². The Hall–Kier alpha value is -4.81. The second-order valence-corrected chi connectivity index (χ2v) is 9.20. The Kier molecular flexibility index (Phi) is 6.96. The lowest BCUT2D eigenvalue weighted by atomic mass is 9.93. The number of halogens is 2. The number of hydrogen-bond acceptors (Lipinski definition) is 7. The molecule has 0 N–H and O–H groups in total. The van der Waals surface area contributed by atoms with Crippen molar-refractivity contribution in [3.05, 3.63) is 81.5 Å². The number of amides is 1. The highest BCUT2D eigenvalue weighted by Gasteiger charge is 2.32. The number of para-hydroxylation sites is 1. The van der Waals surface area contributed by atoms with Crippen molar-refractivity contribution in [2.24, 2.45) is 0 Å². The minimum absolute atomic E-state index is 0.189. The number of aryl methyl sites for hydroxylation is 1. The zero-order valence-electron chi connectivity index (χ0n) is 20.8. The van der Waals surface area contributed by atoms with Gasteiger partial charge in [-0.1, -0.05) is 25.3 Å². The molecule has 2 aromatic heterocycles. The molecule has 1 saturated carbocycles. The van der Waals surface area contributed by atoms with E-state index in [1.54, 1.807) is 25.1 Å². The molecular weight excluding hydrogens is 512 g/mol. The first-order chi connectivity index (χ1) is 18.8. The first-order valence-corrected chi connectivity index (χ1v) is 12.3. The Balaban J connectivity index is 1.59. The molecule has 5 rings (SSSR count). The monoisotopic (exact) mass is 535 g/mol. The number of tetrazole rings is 1. The summed E-state index contributed by atoms with van der Waals surface area (Å²) >= 11 is 0. The Bertz CT molecular complexity index is 1620. The largest absolute Gasteiger partial charge is 0.377 e. The molecule has 1 fully saturated rings. The van der Waals surface area contributed by atoms with Gasteiger partial charge in [0.05, 0.1) is 5.69 Å². The van der Waals surface area contributed by atoms with Gasteiger partial charge >= 0.3 is 11.7 Å². The van der Waals surface area contributed by atoms with Crippen molar-refractivity contribution in [3.63, 3.8) is 0 Å². The lowest BCUT2D eigenvalue weighted by molar-refractivity contribution is 0.111. The van der Waals surface area contributed by atoms with E-state index in [1.165, 1.54) is 15.6 Å². The van der Waals surface area contributed by atoms with Crippen molar-refractivity contribution >= 4 is 24.3 Å². The van der Waals surface area contributed by atoms with Crippen LogP contribution in [0, 0.1) is 18.6 Å². The van der Waals surface area contributed by atoms with Crippen LogP contribution in [0.1, 0.15) is 58.6 Å². The normalized spacial score (nSPS) is 13.8. The van der Waals surface area contributed by atoms with E-state index in [0.29, 0.717) is 51.8 Å². The summed E-state index contributed by atoms with van der Waals surface area (Å²) in [7, 11) is 0.